The number of nitrogens with zero attached hydrogens (tertiary/aromatic N) is 2. The lowest BCUT2D eigenvalue weighted by Crippen LogP contribution is -2.28. The molecule has 0 bridgehead atoms. The van der Waals surface area contributed by atoms with Crippen LogP contribution in [0.25, 0.3) is 0 Å². The number of nitriles is 1. The van der Waals surface area contributed by atoms with Gasteiger partial charge in [0.15, 0.2) is 0 Å². The first kappa shape index (κ1) is 26.7. The predicted octanol–water partition coefficient (Wildman–Crippen LogP) is 4.12. The van der Waals surface area contributed by atoms with Crippen molar-refractivity contribution in [3.63, 3.8) is 0 Å². The van der Waals surface area contributed by atoms with Crippen LogP contribution in [0.3, 0.4) is 0 Å². The maximum absolute atomic E-state index is 10.1. The number of rotatable bonds is 13. The van der Waals surface area contributed by atoms with Gasteiger partial charge in [0.05, 0.1) is 38.9 Å². The van der Waals surface area contributed by atoms with Crippen molar-refractivity contribution in [2.24, 2.45) is 0 Å². The lowest BCUT2D eigenvalue weighted by molar-refractivity contribution is 0.253. The zero-order valence-corrected chi connectivity index (χ0v) is 20.6. The minimum atomic E-state index is -0.670. The second kappa shape index (κ2) is 12.6. The number of aryl methyl sites for hydroxylation is 1. The molecule has 180 valence electrons. The maximum atomic E-state index is 10.1. The van der Waals surface area contributed by atoms with Crippen LogP contribution in [0.2, 0.25) is 0 Å². The van der Waals surface area contributed by atoms with Gasteiger partial charge in [-0.05, 0) is 80.6 Å². The minimum Gasteiger partial charge on any atom is -0.496 e. The lowest BCUT2D eigenvalue weighted by Gasteiger charge is -2.28. The maximum Gasteiger partial charge on any atom is 0.125 e. The molecule has 0 saturated carbocycles. The van der Waals surface area contributed by atoms with Crippen LogP contribution in [0.15, 0.2) is 30.3 Å². The fourth-order valence-corrected chi connectivity index (χ4v) is 4.31. The summed E-state index contributed by atoms with van der Waals surface area (Å²) in [6.07, 6.45) is 3.16. The molecule has 2 rings (SSSR count). The quantitative estimate of drug-likeness (QED) is 0.473. The van der Waals surface area contributed by atoms with Crippen molar-refractivity contribution < 1.29 is 19.7 Å². The van der Waals surface area contributed by atoms with E-state index in [1.165, 1.54) is 12.7 Å². The Morgan fingerprint density at radius 3 is 2.33 bits per heavy atom. The molecule has 0 radical (unpaired) electrons. The summed E-state index contributed by atoms with van der Waals surface area (Å²) in [7, 11) is 5.34. The number of ether oxygens (including phenoxy) is 2. The van der Waals surface area contributed by atoms with Gasteiger partial charge in [-0.3, -0.25) is 0 Å². The average Bonchev–Trinajstić information content (AvgIpc) is 2.85. The van der Waals surface area contributed by atoms with Crippen LogP contribution in [0, 0.1) is 18.3 Å². The molecule has 2 aromatic carbocycles. The van der Waals surface area contributed by atoms with Crippen molar-refractivity contribution in [2.45, 2.75) is 58.2 Å². The number of methoxy groups -OCH3 is 2. The molecule has 6 heteroatoms. The number of aliphatic hydroxyl groups excluding tert-OH is 2. The first-order chi connectivity index (χ1) is 15.9. The number of hydrogen-bond acceptors (Lipinski definition) is 6. The summed E-state index contributed by atoms with van der Waals surface area (Å²) in [6, 6.07) is 12.6. The third-order valence-electron chi connectivity index (χ3n) is 6.62. The molecule has 1 unspecified atom stereocenters. The number of likely N-dealkylation sites (N-methyl/N-ethyl adjacent to an activating group) is 1. The topological polar surface area (TPSA) is 86.0 Å². The smallest absolute Gasteiger partial charge is 0.125 e. The van der Waals surface area contributed by atoms with Gasteiger partial charge < -0.3 is 24.6 Å². The van der Waals surface area contributed by atoms with Crippen molar-refractivity contribution in [1.82, 2.24) is 4.90 Å². The lowest BCUT2D eigenvalue weighted by atomic mass is 9.75. The first-order valence-electron chi connectivity index (χ1n) is 11.5. The van der Waals surface area contributed by atoms with Crippen LogP contribution < -0.4 is 9.47 Å². The van der Waals surface area contributed by atoms with Crippen molar-refractivity contribution in [2.75, 3.05) is 34.4 Å². The summed E-state index contributed by atoms with van der Waals surface area (Å²) in [4.78, 5) is 2.29. The number of hydrogen-bond donors (Lipinski definition) is 2. The Labute approximate surface area is 198 Å². The van der Waals surface area contributed by atoms with Crippen LogP contribution in [0.4, 0.5) is 0 Å². The van der Waals surface area contributed by atoms with E-state index in [-0.39, 0.29) is 13.2 Å². The van der Waals surface area contributed by atoms with E-state index in [2.05, 4.69) is 36.2 Å². The Bertz CT molecular complexity index is 929. The van der Waals surface area contributed by atoms with Gasteiger partial charge in [-0.1, -0.05) is 25.1 Å². The van der Waals surface area contributed by atoms with Crippen molar-refractivity contribution >= 4 is 0 Å². The van der Waals surface area contributed by atoms with Crippen molar-refractivity contribution in [3.05, 3.63) is 58.1 Å². The van der Waals surface area contributed by atoms with Crippen LogP contribution in [-0.4, -0.2) is 49.5 Å². The third kappa shape index (κ3) is 6.48. The Morgan fingerprint density at radius 1 is 1.03 bits per heavy atom. The molecule has 0 saturated heterocycles. The molecule has 0 aliphatic rings. The molecule has 0 spiro atoms. The highest BCUT2D eigenvalue weighted by Crippen LogP contribution is 2.37. The van der Waals surface area contributed by atoms with E-state index < -0.39 is 5.41 Å². The van der Waals surface area contributed by atoms with Crippen LogP contribution in [-0.2, 0) is 25.0 Å². The molecule has 0 amide bonds. The van der Waals surface area contributed by atoms with Gasteiger partial charge in [-0.2, -0.15) is 5.26 Å². The largest absolute Gasteiger partial charge is 0.496 e. The van der Waals surface area contributed by atoms with E-state index in [9.17, 15) is 15.5 Å². The zero-order valence-electron chi connectivity index (χ0n) is 20.6. The summed E-state index contributed by atoms with van der Waals surface area (Å²) < 4.78 is 10.9. The molecule has 0 aromatic heterocycles. The van der Waals surface area contributed by atoms with E-state index in [0.29, 0.717) is 29.7 Å². The van der Waals surface area contributed by atoms with Gasteiger partial charge in [0.1, 0.15) is 11.5 Å². The third-order valence-corrected chi connectivity index (χ3v) is 6.62. The minimum absolute atomic E-state index is 0.210. The SMILES string of the molecule is CCC(C#N)(CCCN(C)CCc1ccc(C)c(OC)c1)c1cc(CO)c(CO)c(OC)c1. The summed E-state index contributed by atoms with van der Waals surface area (Å²) in [5.41, 5.74) is 3.72. The van der Waals surface area contributed by atoms with Gasteiger partial charge >= 0.3 is 0 Å². The fourth-order valence-electron chi connectivity index (χ4n) is 4.31. The van der Waals surface area contributed by atoms with E-state index in [1.54, 1.807) is 7.11 Å². The number of aliphatic hydroxyl groups is 2. The molecule has 0 heterocycles. The molecule has 2 aromatic rings. The van der Waals surface area contributed by atoms with E-state index in [4.69, 9.17) is 9.47 Å². The highest BCUT2D eigenvalue weighted by molar-refractivity contribution is 5.48. The van der Waals surface area contributed by atoms with Crippen molar-refractivity contribution in [3.8, 4) is 17.6 Å². The summed E-state index contributed by atoms with van der Waals surface area (Å²) >= 11 is 0. The van der Waals surface area contributed by atoms with E-state index in [0.717, 1.165) is 42.8 Å². The van der Waals surface area contributed by atoms with E-state index >= 15 is 0 Å². The van der Waals surface area contributed by atoms with Gasteiger partial charge in [0.25, 0.3) is 0 Å². The molecule has 0 aliphatic carbocycles. The normalized spacial score (nSPS) is 12.9. The Morgan fingerprint density at radius 2 is 1.76 bits per heavy atom. The first-order valence-corrected chi connectivity index (χ1v) is 11.5. The predicted molar refractivity (Wildman–Crippen MR) is 131 cm³/mol. The summed E-state index contributed by atoms with van der Waals surface area (Å²) in [5.74, 6) is 1.43. The van der Waals surface area contributed by atoms with Crippen LogP contribution in [0.5, 0.6) is 11.5 Å². The monoisotopic (exact) mass is 454 g/mol. The standard InChI is InChI=1S/C27H38N2O4/c1-6-27(19-28,23-15-22(17-30)24(18-31)26(16-23)33-5)11-7-12-29(3)13-10-21-9-8-20(2)25(14-21)32-4/h8-9,14-16,30-31H,6-7,10-13,17-18H2,1-5H3. The van der Waals surface area contributed by atoms with Gasteiger partial charge in [0, 0.05) is 12.1 Å². The molecule has 0 fully saturated rings. The van der Waals surface area contributed by atoms with Crippen LogP contribution >= 0.6 is 0 Å². The summed E-state index contributed by atoms with van der Waals surface area (Å²) in [6.45, 7) is 5.43. The summed E-state index contributed by atoms with van der Waals surface area (Å²) in [5, 5.41) is 29.6. The molecule has 33 heavy (non-hydrogen) atoms. The fraction of sp³-hybridized carbons (Fsp3) is 0.519. The molecule has 2 N–H and O–H groups in total. The molecular formula is C27H38N2O4. The average molecular weight is 455 g/mol. The Kier molecular flexibility index (Phi) is 10.2. The number of benzene rings is 2. The van der Waals surface area contributed by atoms with Gasteiger partial charge in [-0.25, -0.2) is 0 Å². The highest BCUT2D eigenvalue weighted by atomic mass is 16.5. The highest BCUT2D eigenvalue weighted by Gasteiger charge is 2.31. The van der Waals surface area contributed by atoms with Crippen molar-refractivity contribution in [1.29, 1.82) is 5.26 Å². The second-order valence-electron chi connectivity index (χ2n) is 8.64. The van der Waals surface area contributed by atoms with Gasteiger partial charge in [0.2, 0.25) is 0 Å². The Balaban J connectivity index is 2.06. The second-order valence-corrected chi connectivity index (χ2v) is 8.64. The molecule has 1 atom stereocenters. The van der Waals surface area contributed by atoms with E-state index in [1.807, 2.05) is 26.0 Å². The Hall–Kier alpha value is -2.59. The zero-order chi connectivity index (χ0) is 24.4. The van der Waals surface area contributed by atoms with Crippen LogP contribution in [0.1, 0.15) is 54.0 Å². The molecular weight excluding hydrogens is 416 g/mol. The molecule has 6 nitrogen and oxygen atoms in total. The molecule has 0 aliphatic heterocycles. The van der Waals surface area contributed by atoms with Gasteiger partial charge in [-0.15, -0.1) is 0 Å².